The van der Waals surface area contributed by atoms with Crippen LogP contribution in [0.1, 0.15) is 11.3 Å². The minimum atomic E-state index is -5.01. The Morgan fingerprint density at radius 3 is 2.17 bits per heavy atom. The fraction of sp³-hybridized carbons (Fsp3) is 0.375. The van der Waals surface area contributed by atoms with Gasteiger partial charge in [0.25, 0.3) is 0 Å². The first-order valence-electron chi connectivity index (χ1n) is 4.27. The Balaban J connectivity index is 3.27. The van der Waals surface area contributed by atoms with Crippen LogP contribution in [-0.4, -0.2) is 11.3 Å². The highest BCUT2D eigenvalue weighted by atomic mass is 127. The second-order valence-electron chi connectivity index (χ2n) is 3.03. The molecule has 2 N–H and O–H groups in total. The quantitative estimate of drug-likeness (QED) is 0.483. The van der Waals surface area contributed by atoms with E-state index >= 15 is 0 Å². The van der Waals surface area contributed by atoms with E-state index in [9.17, 15) is 26.3 Å². The second-order valence-corrected chi connectivity index (χ2v) is 4.06. The number of aromatic nitrogens is 1. The van der Waals surface area contributed by atoms with Gasteiger partial charge in [-0.3, -0.25) is 0 Å². The first-order chi connectivity index (χ1) is 8.04. The molecule has 1 heterocycles. The highest BCUT2D eigenvalue weighted by molar-refractivity contribution is 14.1. The Bertz CT molecular complexity index is 444. The van der Waals surface area contributed by atoms with E-state index in [1.807, 2.05) is 0 Å². The van der Waals surface area contributed by atoms with Crippen LogP contribution < -0.4 is 10.5 Å². The number of halogens is 7. The Morgan fingerprint density at radius 1 is 1.22 bits per heavy atom. The Hall–Kier alpha value is -0.780. The summed E-state index contributed by atoms with van der Waals surface area (Å²) >= 11 is 1.22. The van der Waals surface area contributed by atoms with Crippen molar-refractivity contribution in [2.24, 2.45) is 5.73 Å². The van der Waals surface area contributed by atoms with E-state index in [1.165, 1.54) is 22.6 Å². The lowest BCUT2D eigenvalue weighted by Gasteiger charge is -2.15. The van der Waals surface area contributed by atoms with E-state index in [2.05, 4.69) is 9.72 Å². The van der Waals surface area contributed by atoms with Crippen LogP contribution in [-0.2, 0) is 12.7 Å². The highest BCUT2D eigenvalue weighted by Gasteiger charge is 2.38. The van der Waals surface area contributed by atoms with Gasteiger partial charge >= 0.3 is 12.5 Å². The van der Waals surface area contributed by atoms with Crippen molar-refractivity contribution >= 4 is 22.6 Å². The standard InChI is InChI=1S/C8H5F6IN2O/c9-7(10,11)5-3(2-16)1-4(6(15)17-5)18-8(12,13)14/h1H,2,16H2. The van der Waals surface area contributed by atoms with Gasteiger partial charge in [0.2, 0.25) is 0 Å². The molecule has 18 heavy (non-hydrogen) atoms. The van der Waals surface area contributed by atoms with Crippen LogP contribution >= 0.6 is 22.6 Å². The molecule has 0 atom stereocenters. The van der Waals surface area contributed by atoms with Crippen molar-refractivity contribution in [2.45, 2.75) is 19.1 Å². The molecule has 0 radical (unpaired) electrons. The average Bonchev–Trinajstić information content (AvgIpc) is 2.17. The largest absolute Gasteiger partial charge is 0.573 e. The van der Waals surface area contributed by atoms with Crippen LogP contribution in [0.4, 0.5) is 26.3 Å². The molecule has 1 rings (SSSR count). The number of rotatable bonds is 2. The maximum absolute atomic E-state index is 12.5. The average molecular weight is 386 g/mol. The Kier molecular flexibility index (Phi) is 4.30. The molecule has 10 heteroatoms. The number of pyridine rings is 1. The van der Waals surface area contributed by atoms with Crippen molar-refractivity contribution in [3.63, 3.8) is 0 Å². The summed E-state index contributed by atoms with van der Waals surface area (Å²) in [6, 6.07) is 0.588. The molecule has 0 spiro atoms. The van der Waals surface area contributed by atoms with Crippen LogP contribution in [0, 0.1) is 3.70 Å². The van der Waals surface area contributed by atoms with E-state index in [0.717, 1.165) is 0 Å². The lowest BCUT2D eigenvalue weighted by molar-refractivity contribution is -0.275. The highest BCUT2D eigenvalue weighted by Crippen LogP contribution is 2.35. The normalized spacial score (nSPS) is 12.7. The molecule has 0 aromatic carbocycles. The second kappa shape index (κ2) is 5.07. The number of nitrogens with zero attached hydrogens (tertiary/aromatic N) is 1. The van der Waals surface area contributed by atoms with Gasteiger partial charge in [0, 0.05) is 12.1 Å². The monoisotopic (exact) mass is 386 g/mol. The molecular weight excluding hydrogens is 381 g/mol. The molecule has 0 unspecified atom stereocenters. The summed E-state index contributed by atoms with van der Waals surface area (Å²) in [4.78, 5) is 3.06. The SMILES string of the molecule is NCc1cc(OC(F)(F)F)c(I)nc1C(F)(F)F. The predicted molar refractivity (Wildman–Crippen MR) is 56.5 cm³/mol. The molecule has 0 fully saturated rings. The maximum atomic E-state index is 12.5. The van der Waals surface area contributed by atoms with Crippen LogP contribution in [0.25, 0.3) is 0 Å². The van der Waals surface area contributed by atoms with Gasteiger partial charge in [-0.1, -0.05) is 0 Å². The molecule has 1 aromatic heterocycles. The third-order valence-corrected chi connectivity index (χ3v) is 2.51. The molecule has 3 nitrogen and oxygen atoms in total. The van der Waals surface area contributed by atoms with Gasteiger partial charge in [-0.25, -0.2) is 4.98 Å². The zero-order chi connectivity index (χ0) is 14.1. The van der Waals surface area contributed by atoms with E-state index in [-0.39, 0.29) is 0 Å². The van der Waals surface area contributed by atoms with Crippen LogP contribution in [0.15, 0.2) is 6.07 Å². The summed E-state index contributed by atoms with van der Waals surface area (Å²) in [5.74, 6) is -0.809. The van der Waals surface area contributed by atoms with E-state index in [1.54, 1.807) is 0 Å². The number of ether oxygens (including phenoxy) is 1. The number of nitrogens with two attached hydrogens (primary N) is 1. The minimum absolute atomic E-state index is 0.547. The third kappa shape index (κ3) is 3.86. The molecular formula is C8H5F6IN2O. The number of hydrogen-bond acceptors (Lipinski definition) is 3. The van der Waals surface area contributed by atoms with Crippen molar-refractivity contribution in [1.82, 2.24) is 4.98 Å². The van der Waals surface area contributed by atoms with Crippen LogP contribution in [0.2, 0.25) is 0 Å². The molecule has 0 aliphatic rings. The lowest BCUT2D eigenvalue weighted by Crippen LogP contribution is -2.21. The van der Waals surface area contributed by atoms with Gasteiger partial charge < -0.3 is 10.5 Å². The zero-order valence-corrected chi connectivity index (χ0v) is 10.5. The molecule has 0 bridgehead atoms. The number of hydrogen-bond donors (Lipinski definition) is 1. The van der Waals surface area contributed by atoms with Crippen LogP contribution in [0.3, 0.4) is 0 Å². The topological polar surface area (TPSA) is 48.1 Å². The summed E-state index contributed by atoms with van der Waals surface area (Å²) < 4.78 is 76.5. The van der Waals surface area contributed by atoms with Crippen LogP contribution in [0.5, 0.6) is 5.75 Å². The minimum Gasteiger partial charge on any atom is -0.403 e. The van der Waals surface area contributed by atoms with Gasteiger partial charge in [-0.05, 0) is 28.7 Å². The van der Waals surface area contributed by atoms with E-state index < -0.39 is 39.8 Å². The summed E-state index contributed by atoms with van der Waals surface area (Å²) in [6.07, 6.45) is -9.79. The molecule has 0 saturated carbocycles. The summed E-state index contributed by atoms with van der Waals surface area (Å²) in [6.45, 7) is -0.604. The predicted octanol–water partition coefficient (Wildman–Crippen LogP) is 3.06. The van der Waals surface area contributed by atoms with Crippen molar-refractivity contribution in [3.05, 3.63) is 21.0 Å². The summed E-state index contributed by atoms with van der Waals surface area (Å²) in [5, 5.41) is 0. The van der Waals surface area contributed by atoms with Crippen molar-refractivity contribution < 1.29 is 31.1 Å². The van der Waals surface area contributed by atoms with Gasteiger partial charge in [0.05, 0.1) is 0 Å². The van der Waals surface area contributed by atoms with Gasteiger partial charge in [0.15, 0.2) is 5.75 Å². The van der Waals surface area contributed by atoms with Crippen molar-refractivity contribution in [1.29, 1.82) is 0 Å². The Morgan fingerprint density at radius 2 is 1.78 bits per heavy atom. The summed E-state index contributed by atoms with van der Waals surface area (Å²) in [5.41, 5.74) is 3.17. The third-order valence-electron chi connectivity index (χ3n) is 1.74. The lowest BCUT2D eigenvalue weighted by atomic mass is 10.2. The van der Waals surface area contributed by atoms with Crippen molar-refractivity contribution in [2.75, 3.05) is 0 Å². The fourth-order valence-electron chi connectivity index (χ4n) is 1.11. The molecule has 1 aromatic rings. The van der Waals surface area contributed by atoms with Gasteiger partial charge in [-0.2, -0.15) is 13.2 Å². The first kappa shape index (κ1) is 15.3. The first-order valence-corrected chi connectivity index (χ1v) is 5.35. The van der Waals surface area contributed by atoms with E-state index in [4.69, 9.17) is 5.73 Å². The fourth-order valence-corrected chi connectivity index (χ4v) is 1.62. The molecule has 0 amide bonds. The number of alkyl halides is 6. The molecule has 102 valence electrons. The molecule has 0 aliphatic carbocycles. The zero-order valence-electron chi connectivity index (χ0n) is 8.36. The Labute approximate surface area is 110 Å². The summed E-state index contributed by atoms with van der Waals surface area (Å²) in [7, 11) is 0. The molecule has 0 saturated heterocycles. The molecule has 0 aliphatic heterocycles. The van der Waals surface area contributed by atoms with E-state index in [0.29, 0.717) is 6.07 Å². The van der Waals surface area contributed by atoms with Crippen molar-refractivity contribution in [3.8, 4) is 5.75 Å². The maximum Gasteiger partial charge on any atom is 0.573 e. The smallest absolute Gasteiger partial charge is 0.403 e. The van der Waals surface area contributed by atoms with Gasteiger partial charge in [-0.15, -0.1) is 13.2 Å². The van der Waals surface area contributed by atoms with Gasteiger partial charge in [0.1, 0.15) is 9.39 Å².